The van der Waals surface area contributed by atoms with Crippen LogP contribution in [-0.2, 0) is 6.42 Å². The molecule has 0 saturated carbocycles. The molecule has 1 aromatic rings. The lowest BCUT2D eigenvalue weighted by atomic mass is 9.93. The first-order valence-electron chi connectivity index (χ1n) is 6.67. The van der Waals surface area contributed by atoms with E-state index in [1.165, 1.54) is 4.90 Å². The highest BCUT2D eigenvalue weighted by molar-refractivity contribution is 5.74. The van der Waals surface area contributed by atoms with E-state index in [1.807, 2.05) is 6.07 Å². The zero-order valence-corrected chi connectivity index (χ0v) is 11.8. The van der Waals surface area contributed by atoms with E-state index in [4.69, 9.17) is 4.42 Å². The van der Waals surface area contributed by atoms with Crippen LogP contribution in [0.4, 0.5) is 4.79 Å². The summed E-state index contributed by atoms with van der Waals surface area (Å²) in [4.78, 5) is 13.6. The molecule has 0 aromatic carbocycles. The summed E-state index contributed by atoms with van der Waals surface area (Å²) < 4.78 is 5.40. The van der Waals surface area contributed by atoms with E-state index in [1.54, 1.807) is 27.2 Å². The summed E-state index contributed by atoms with van der Waals surface area (Å²) in [6.07, 6.45) is 4.55. The SMILES string of the molecule is CN(CC(C)(C)O)C(=O)NC1CCCc2occc21. The molecule has 5 heteroatoms. The lowest BCUT2D eigenvalue weighted by molar-refractivity contribution is 0.0526. The van der Waals surface area contributed by atoms with Crippen LogP contribution in [0.1, 0.15) is 44.1 Å². The number of likely N-dealkylation sites (N-methyl/N-ethyl adjacent to an activating group) is 1. The highest BCUT2D eigenvalue weighted by Crippen LogP contribution is 2.30. The third-order valence-electron chi connectivity index (χ3n) is 3.32. The molecule has 5 nitrogen and oxygen atoms in total. The molecule has 1 aliphatic rings. The van der Waals surface area contributed by atoms with Crippen molar-refractivity contribution >= 4 is 6.03 Å². The number of aliphatic hydroxyl groups is 1. The quantitative estimate of drug-likeness (QED) is 0.880. The normalized spacial score (nSPS) is 18.8. The standard InChI is InChI=1S/C14H22N2O3/c1-14(2,18)9-16(3)13(17)15-11-5-4-6-12-10(11)7-8-19-12/h7-8,11,18H,4-6,9H2,1-3H3,(H,15,17). The highest BCUT2D eigenvalue weighted by atomic mass is 16.3. The molecule has 1 unspecified atom stereocenters. The Bertz CT molecular complexity index is 448. The second kappa shape index (κ2) is 5.25. The van der Waals surface area contributed by atoms with Gasteiger partial charge in [0.2, 0.25) is 0 Å². The fourth-order valence-corrected chi connectivity index (χ4v) is 2.55. The van der Waals surface area contributed by atoms with Gasteiger partial charge < -0.3 is 19.7 Å². The zero-order valence-electron chi connectivity index (χ0n) is 11.8. The maximum atomic E-state index is 12.1. The van der Waals surface area contributed by atoms with Gasteiger partial charge in [0.05, 0.1) is 24.5 Å². The van der Waals surface area contributed by atoms with Gasteiger partial charge in [-0.1, -0.05) is 0 Å². The van der Waals surface area contributed by atoms with Crippen molar-refractivity contribution in [1.82, 2.24) is 10.2 Å². The van der Waals surface area contributed by atoms with Crippen molar-refractivity contribution in [3.05, 3.63) is 23.7 Å². The molecule has 0 radical (unpaired) electrons. The molecule has 0 bridgehead atoms. The molecule has 0 saturated heterocycles. The molecule has 2 amide bonds. The van der Waals surface area contributed by atoms with Crippen LogP contribution in [-0.4, -0.2) is 35.2 Å². The summed E-state index contributed by atoms with van der Waals surface area (Å²) in [7, 11) is 1.69. The van der Waals surface area contributed by atoms with Crippen molar-refractivity contribution in [1.29, 1.82) is 0 Å². The first-order chi connectivity index (χ1) is 8.87. The van der Waals surface area contributed by atoms with E-state index in [0.717, 1.165) is 30.6 Å². The Morgan fingerprint density at radius 1 is 1.63 bits per heavy atom. The smallest absolute Gasteiger partial charge is 0.317 e. The van der Waals surface area contributed by atoms with Crippen LogP contribution in [0.2, 0.25) is 0 Å². The molecule has 0 fully saturated rings. The van der Waals surface area contributed by atoms with Gasteiger partial charge in [0, 0.05) is 19.0 Å². The Kier molecular flexibility index (Phi) is 3.85. The molecular weight excluding hydrogens is 244 g/mol. The van der Waals surface area contributed by atoms with Crippen LogP contribution >= 0.6 is 0 Å². The molecule has 0 aliphatic heterocycles. The maximum absolute atomic E-state index is 12.1. The fourth-order valence-electron chi connectivity index (χ4n) is 2.55. The van der Waals surface area contributed by atoms with Gasteiger partial charge in [-0.05, 0) is 32.8 Å². The van der Waals surface area contributed by atoms with E-state index in [-0.39, 0.29) is 12.1 Å². The number of amides is 2. The van der Waals surface area contributed by atoms with Gasteiger partial charge in [0.25, 0.3) is 0 Å². The summed E-state index contributed by atoms with van der Waals surface area (Å²) in [5.74, 6) is 0.974. The Balaban J connectivity index is 1.97. The van der Waals surface area contributed by atoms with Crippen LogP contribution in [0, 0.1) is 0 Å². The number of nitrogens with zero attached hydrogens (tertiary/aromatic N) is 1. The zero-order chi connectivity index (χ0) is 14.0. The monoisotopic (exact) mass is 266 g/mol. The molecule has 19 heavy (non-hydrogen) atoms. The van der Waals surface area contributed by atoms with E-state index < -0.39 is 5.60 Å². The van der Waals surface area contributed by atoms with E-state index in [9.17, 15) is 9.90 Å². The van der Waals surface area contributed by atoms with Crippen molar-refractivity contribution in [2.24, 2.45) is 0 Å². The molecule has 2 N–H and O–H groups in total. The van der Waals surface area contributed by atoms with Crippen LogP contribution in [0.5, 0.6) is 0 Å². The Hall–Kier alpha value is -1.49. The summed E-state index contributed by atoms with van der Waals surface area (Å²) in [5, 5.41) is 12.7. The second-order valence-electron chi connectivity index (χ2n) is 5.86. The van der Waals surface area contributed by atoms with Gasteiger partial charge in [0.15, 0.2) is 0 Å². The van der Waals surface area contributed by atoms with Gasteiger partial charge in [-0.2, -0.15) is 0 Å². The molecule has 1 atom stereocenters. The highest BCUT2D eigenvalue weighted by Gasteiger charge is 2.26. The molecule has 1 aliphatic carbocycles. The third-order valence-corrected chi connectivity index (χ3v) is 3.32. The minimum absolute atomic E-state index is 0.0132. The lowest BCUT2D eigenvalue weighted by Gasteiger charge is -2.29. The second-order valence-corrected chi connectivity index (χ2v) is 5.86. The Labute approximate surface area is 113 Å². The number of urea groups is 1. The minimum Gasteiger partial charge on any atom is -0.469 e. The number of rotatable bonds is 3. The summed E-state index contributed by atoms with van der Waals surface area (Å²) in [6, 6.07) is 1.77. The van der Waals surface area contributed by atoms with E-state index in [0.29, 0.717) is 6.54 Å². The van der Waals surface area contributed by atoms with Crippen LogP contribution < -0.4 is 5.32 Å². The number of hydrogen-bond donors (Lipinski definition) is 2. The van der Waals surface area contributed by atoms with Crippen molar-refractivity contribution in [3.63, 3.8) is 0 Å². The Morgan fingerprint density at radius 2 is 2.37 bits per heavy atom. The van der Waals surface area contributed by atoms with Gasteiger partial charge in [-0.3, -0.25) is 0 Å². The van der Waals surface area contributed by atoms with Gasteiger partial charge in [0.1, 0.15) is 5.76 Å². The number of furan rings is 1. The maximum Gasteiger partial charge on any atom is 0.317 e. The van der Waals surface area contributed by atoms with E-state index >= 15 is 0 Å². The Morgan fingerprint density at radius 3 is 3.05 bits per heavy atom. The van der Waals surface area contributed by atoms with E-state index in [2.05, 4.69) is 5.32 Å². The first-order valence-corrected chi connectivity index (χ1v) is 6.67. The number of hydrogen-bond acceptors (Lipinski definition) is 3. The lowest BCUT2D eigenvalue weighted by Crippen LogP contribution is -2.45. The molecular formula is C14H22N2O3. The van der Waals surface area contributed by atoms with Crippen molar-refractivity contribution in [3.8, 4) is 0 Å². The number of nitrogens with one attached hydrogen (secondary N) is 1. The largest absolute Gasteiger partial charge is 0.469 e. The first kappa shape index (κ1) is 13.9. The van der Waals surface area contributed by atoms with Crippen molar-refractivity contribution in [2.45, 2.75) is 44.8 Å². The molecule has 106 valence electrons. The number of carbonyl (C=O) groups is 1. The number of fused-ring (bicyclic) bond motifs is 1. The summed E-state index contributed by atoms with van der Waals surface area (Å²) in [5.41, 5.74) is 0.190. The fraction of sp³-hybridized carbons (Fsp3) is 0.643. The van der Waals surface area contributed by atoms with Crippen molar-refractivity contribution in [2.75, 3.05) is 13.6 Å². The molecule has 1 aromatic heterocycles. The third kappa shape index (κ3) is 3.50. The number of aryl methyl sites for hydroxylation is 1. The van der Waals surface area contributed by atoms with Crippen LogP contribution in [0.15, 0.2) is 16.7 Å². The molecule has 0 spiro atoms. The predicted molar refractivity (Wildman–Crippen MR) is 71.8 cm³/mol. The molecule has 1 heterocycles. The van der Waals surface area contributed by atoms with Gasteiger partial charge >= 0.3 is 6.03 Å². The average Bonchev–Trinajstić information content (AvgIpc) is 2.75. The van der Waals surface area contributed by atoms with Gasteiger partial charge in [-0.15, -0.1) is 0 Å². The van der Waals surface area contributed by atoms with Crippen LogP contribution in [0.25, 0.3) is 0 Å². The predicted octanol–water partition coefficient (Wildman–Crippen LogP) is 2.07. The molecule has 2 rings (SSSR count). The number of carbonyl (C=O) groups excluding carboxylic acids is 1. The minimum atomic E-state index is -0.889. The van der Waals surface area contributed by atoms with Crippen LogP contribution in [0.3, 0.4) is 0 Å². The topological polar surface area (TPSA) is 65.7 Å². The summed E-state index contributed by atoms with van der Waals surface area (Å²) in [6.45, 7) is 3.67. The van der Waals surface area contributed by atoms with Crippen molar-refractivity contribution < 1.29 is 14.3 Å². The van der Waals surface area contributed by atoms with Gasteiger partial charge in [-0.25, -0.2) is 4.79 Å². The average molecular weight is 266 g/mol. The summed E-state index contributed by atoms with van der Waals surface area (Å²) >= 11 is 0.